The van der Waals surface area contributed by atoms with Crippen molar-refractivity contribution in [3.63, 3.8) is 0 Å². The second-order valence-electron chi connectivity index (χ2n) is 5.56. The van der Waals surface area contributed by atoms with E-state index >= 15 is 0 Å². The Hall–Kier alpha value is -1.61. The number of hydrogen-bond donors (Lipinski definition) is 2. The van der Waals surface area contributed by atoms with Crippen LogP contribution >= 0.6 is 0 Å². The number of alkyl halides is 1. The minimum atomic E-state index is -0.488. The van der Waals surface area contributed by atoms with Crippen LogP contribution in [0.1, 0.15) is 29.8 Å². The van der Waals surface area contributed by atoms with Gasteiger partial charge in [-0.3, -0.25) is 0 Å². The van der Waals surface area contributed by atoms with E-state index in [2.05, 4.69) is 48.9 Å². The Balaban J connectivity index is 2.20. The zero-order valence-corrected chi connectivity index (χ0v) is 11.4. The molecule has 1 aliphatic rings. The van der Waals surface area contributed by atoms with E-state index in [0.29, 0.717) is 11.6 Å². The molecule has 0 fully saturated rings. The lowest BCUT2D eigenvalue weighted by Gasteiger charge is -2.30. The zero-order valence-electron chi connectivity index (χ0n) is 11.4. The van der Waals surface area contributed by atoms with E-state index in [4.69, 9.17) is 0 Å². The fraction of sp³-hybridized carbons (Fsp3) is 0.375. The van der Waals surface area contributed by atoms with Crippen molar-refractivity contribution < 1.29 is 4.39 Å². The number of nitrogens with one attached hydrogen (secondary N) is 2. The Labute approximate surface area is 112 Å². The molecule has 1 aromatic heterocycles. The van der Waals surface area contributed by atoms with Gasteiger partial charge in [-0.25, -0.2) is 4.39 Å². The van der Waals surface area contributed by atoms with Crippen LogP contribution in [0.5, 0.6) is 0 Å². The topological polar surface area (TPSA) is 27.8 Å². The van der Waals surface area contributed by atoms with E-state index in [9.17, 15) is 4.39 Å². The van der Waals surface area contributed by atoms with Gasteiger partial charge in [-0.1, -0.05) is 18.2 Å². The summed E-state index contributed by atoms with van der Waals surface area (Å²) in [5, 5.41) is 4.69. The number of aromatic nitrogens is 1. The lowest BCUT2D eigenvalue weighted by Crippen LogP contribution is -2.38. The summed E-state index contributed by atoms with van der Waals surface area (Å²) in [6.07, 6.45) is 0.967. The number of rotatable bonds is 2. The van der Waals surface area contributed by atoms with Gasteiger partial charge in [-0.05, 0) is 43.5 Å². The number of aromatic amines is 1. The van der Waals surface area contributed by atoms with Crippen LogP contribution in [0.2, 0.25) is 0 Å². The van der Waals surface area contributed by atoms with Crippen molar-refractivity contribution in [3.05, 3.63) is 47.2 Å². The molecule has 2 aromatic rings. The standard InChI is InChI=1S/C16H19FN2/c1-9-4-5-14-12(6-9)13-7-11(3)18-15(10(2)8-17)16(13)19-14/h4-6,11,15,18-19H,2,7-8H2,1,3H3/t11?,15-/m1/s1. The first-order valence-electron chi connectivity index (χ1n) is 6.71. The van der Waals surface area contributed by atoms with Crippen molar-refractivity contribution in [2.24, 2.45) is 0 Å². The molecule has 0 amide bonds. The highest BCUT2D eigenvalue weighted by Crippen LogP contribution is 2.35. The van der Waals surface area contributed by atoms with Crippen molar-refractivity contribution >= 4 is 10.9 Å². The fourth-order valence-electron chi connectivity index (χ4n) is 2.98. The summed E-state index contributed by atoms with van der Waals surface area (Å²) in [4.78, 5) is 3.44. The van der Waals surface area contributed by atoms with Crippen molar-refractivity contribution in [3.8, 4) is 0 Å². The normalized spacial score (nSPS) is 22.5. The van der Waals surface area contributed by atoms with Crippen LogP contribution in [0.15, 0.2) is 30.4 Å². The molecular weight excluding hydrogens is 239 g/mol. The van der Waals surface area contributed by atoms with E-state index in [1.165, 1.54) is 16.5 Å². The Morgan fingerprint density at radius 2 is 2.26 bits per heavy atom. The van der Waals surface area contributed by atoms with Gasteiger partial charge in [0.2, 0.25) is 0 Å². The monoisotopic (exact) mass is 258 g/mol. The first-order chi connectivity index (χ1) is 9.10. The summed E-state index contributed by atoms with van der Waals surface area (Å²) in [6, 6.07) is 6.64. The second kappa shape index (κ2) is 4.49. The third-order valence-electron chi connectivity index (χ3n) is 3.92. The number of fused-ring (bicyclic) bond motifs is 3. The lowest BCUT2D eigenvalue weighted by atomic mass is 9.91. The van der Waals surface area contributed by atoms with E-state index in [0.717, 1.165) is 17.6 Å². The zero-order chi connectivity index (χ0) is 13.6. The summed E-state index contributed by atoms with van der Waals surface area (Å²) in [5.41, 5.74) is 5.37. The largest absolute Gasteiger partial charge is 0.357 e. The van der Waals surface area contributed by atoms with Crippen LogP contribution < -0.4 is 5.32 Å². The third kappa shape index (κ3) is 1.98. The Morgan fingerprint density at radius 3 is 3.00 bits per heavy atom. The minimum absolute atomic E-state index is 0.101. The van der Waals surface area contributed by atoms with Gasteiger partial charge in [0.25, 0.3) is 0 Å². The average molecular weight is 258 g/mol. The number of H-pyrrole nitrogens is 1. The van der Waals surface area contributed by atoms with E-state index in [1.807, 2.05) is 0 Å². The number of aryl methyl sites for hydroxylation is 1. The molecule has 19 heavy (non-hydrogen) atoms. The predicted octanol–water partition coefficient (Wildman–Crippen LogP) is 3.58. The highest BCUT2D eigenvalue weighted by atomic mass is 19.1. The predicted molar refractivity (Wildman–Crippen MR) is 77.2 cm³/mol. The van der Waals surface area contributed by atoms with E-state index in [-0.39, 0.29) is 6.04 Å². The smallest absolute Gasteiger partial charge is 0.112 e. The molecule has 3 rings (SSSR count). The fourth-order valence-corrected chi connectivity index (χ4v) is 2.98. The molecule has 1 aliphatic heterocycles. The maximum Gasteiger partial charge on any atom is 0.112 e. The molecule has 2 atom stereocenters. The van der Waals surface area contributed by atoms with Gasteiger partial charge in [0.1, 0.15) is 6.67 Å². The average Bonchev–Trinajstić information content (AvgIpc) is 2.75. The molecule has 0 bridgehead atoms. The molecule has 2 heterocycles. The van der Waals surface area contributed by atoms with Crippen LogP contribution in [-0.2, 0) is 6.42 Å². The summed E-state index contributed by atoms with van der Waals surface area (Å²) in [6.45, 7) is 7.61. The Kier molecular flexibility index (Phi) is 2.94. The van der Waals surface area contributed by atoms with Crippen LogP contribution in [0.25, 0.3) is 10.9 Å². The van der Waals surface area contributed by atoms with Gasteiger partial charge >= 0.3 is 0 Å². The maximum absolute atomic E-state index is 13.0. The number of halogens is 1. The minimum Gasteiger partial charge on any atom is -0.357 e. The van der Waals surface area contributed by atoms with Gasteiger partial charge in [0.05, 0.1) is 6.04 Å². The molecule has 3 heteroatoms. The molecule has 100 valence electrons. The number of benzene rings is 1. The Morgan fingerprint density at radius 1 is 1.47 bits per heavy atom. The third-order valence-corrected chi connectivity index (χ3v) is 3.92. The van der Waals surface area contributed by atoms with Crippen LogP contribution in [-0.4, -0.2) is 17.7 Å². The molecule has 0 aliphatic carbocycles. The van der Waals surface area contributed by atoms with E-state index in [1.54, 1.807) is 0 Å². The summed E-state index contributed by atoms with van der Waals surface area (Å²) < 4.78 is 13.0. The van der Waals surface area contributed by atoms with Crippen molar-refractivity contribution in [1.29, 1.82) is 0 Å². The van der Waals surface area contributed by atoms with Crippen LogP contribution in [0, 0.1) is 6.92 Å². The van der Waals surface area contributed by atoms with Crippen LogP contribution in [0.4, 0.5) is 4.39 Å². The quantitative estimate of drug-likeness (QED) is 0.792. The van der Waals surface area contributed by atoms with Gasteiger partial charge in [0.15, 0.2) is 0 Å². The second-order valence-corrected chi connectivity index (χ2v) is 5.56. The molecule has 2 nitrogen and oxygen atoms in total. The van der Waals surface area contributed by atoms with Crippen molar-refractivity contribution in [2.75, 3.05) is 6.67 Å². The molecular formula is C16H19FN2. The molecule has 0 radical (unpaired) electrons. The summed E-state index contributed by atoms with van der Waals surface area (Å²) >= 11 is 0. The van der Waals surface area contributed by atoms with E-state index < -0.39 is 6.67 Å². The molecule has 1 aromatic carbocycles. The molecule has 0 saturated heterocycles. The van der Waals surface area contributed by atoms with Crippen LogP contribution in [0.3, 0.4) is 0 Å². The number of hydrogen-bond acceptors (Lipinski definition) is 1. The molecule has 0 spiro atoms. The van der Waals surface area contributed by atoms with Crippen molar-refractivity contribution in [2.45, 2.75) is 32.4 Å². The van der Waals surface area contributed by atoms with Gasteiger partial charge in [0, 0.05) is 22.6 Å². The molecule has 1 unspecified atom stereocenters. The summed E-state index contributed by atoms with van der Waals surface area (Å²) in [5.74, 6) is 0. The van der Waals surface area contributed by atoms with Gasteiger partial charge < -0.3 is 10.3 Å². The van der Waals surface area contributed by atoms with Gasteiger partial charge in [-0.2, -0.15) is 0 Å². The van der Waals surface area contributed by atoms with Crippen molar-refractivity contribution in [1.82, 2.24) is 10.3 Å². The lowest BCUT2D eigenvalue weighted by molar-refractivity contribution is 0.424. The SMILES string of the molecule is C=C(CF)[C@H]1NC(C)Cc2c1[nH]c1ccc(C)cc21. The van der Waals surface area contributed by atoms with Gasteiger partial charge in [-0.15, -0.1) is 0 Å². The molecule has 0 saturated carbocycles. The first-order valence-corrected chi connectivity index (χ1v) is 6.71. The maximum atomic E-state index is 13.0. The summed E-state index contributed by atoms with van der Waals surface area (Å²) in [7, 11) is 0. The highest BCUT2D eigenvalue weighted by Gasteiger charge is 2.28. The first kappa shape index (κ1) is 12.4. The molecule has 2 N–H and O–H groups in total. The highest BCUT2D eigenvalue weighted by molar-refractivity contribution is 5.86. The Bertz CT molecular complexity index is 641.